The number of aliphatic hydroxyl groups excluding tert-OH is 1. The number of allylic oxidation sites excluding steroid dienone is 2. The van der Waals surface area contributed by atoms with Crippen molar-refractivity contribution in [1.29, 1.82) is 0 Å². The van der Waals surface area contributed by atoms with Crippen LogP contribution in [-0.2, 0) is 38.1 Å². The molecule has 0 bridgehead atoms. The predicted octanol–water partition coefficient (Wildman–Crippen LogP) is 7.94. The van der Waals surface area contributed by atoms with Gasteiger partial charge in [0, 0.05) is 12.5 Å². The number of carbonyl (C=O) groups excluding carboxylic acids is 2. The first-order chi connectivity index (χ1) is 17.0. The second-order valence-corrected chi connectivity index (χ2v) is 8.95. The van der Waals surface area contributed by atoms with E-state index in [1.165, 1.54) is 83.5 Å². The Morgan fingerprint density at radius 1 is 0.694 bits per heavy atom. The van der Waals surface area contributed by atoms with E-state index in [4.69, 9.17) is 13.5 Å². The summed E-state index contributed by atoms with van der Waals surface area (Å²) in [6.45, 7) is 15.4. The minimum atomic E-state index is -0.653. The zero-order valence-corrected chi connectivity index (χ0v) is 25.4. The number of aliphatic carboxylic acids is 1. The Morgan fingerprint density at radius 3 is 1.06 bits per heavy atom. The van der Waals surface area contributed by atoms with Crippen molar-refractivity contribution in [2.45, 2.75) is 143 Å². The molecule has 7 heteroatoms. The molecule has 0 unspecified atom stereocenters. The molecule has 0 fully saturated rings. The molecular formula is C29H54O6Ti. The summed E-state index contributed by atoms with van der Waals surface area (Å²) in [5.74, 6) is -0.653. The van der Waals surface area contributed by atoms with Crippen LogP contribution in [0.25, 0.3) is 0 Å². The van der Waals surface area contributed by atoms with Gasteiger partial charge in [-0.3, -0.25) is 4.79 Å². The van der Waals surface area contributed by atoms with Gasteiger partial charge in [0.2, 0.25) is 0 Å². The molecule has 0 saturated heterocycles. The third-order valence-electron chi connectivity index (χ3n) is 4.34. The van der Waals surface area contributed by atoms with E-state index in [1.807, 2.05) is 0 Å². The van der Waals surface area contributed by atoms with Gasteiger partial charge in [-0.15, -0.1) is 0 Å². The summed E-state index contributed by atoms with van der Waals surface area (Å²) in [7, 11) is 0. The van der Waals surface area contributed by atoms with E-state index >= 15 is 0 Å². The molecule has 0 aromatic carbocycles. The zero-order valence-electron chi connectivity index (χ0n) is 23.8. The summed E-state index contributed by atoms with van der Waals surface area (Å²) < 4.78 is 8.25. The van der Waals surface area contributed by atoms with Crippen molar-refractivity contribution in [3.05, 3.63) is 24.3 Å². The average molecular weight is 547 g/mol. The van der Waals surface area contributed by atoms with E-state index in [9.17, 15) is 14.4 Å². The second-order valence-electron chi connectivity index (χ2n) is 8.95. The molecule has 0 spiro atoms. The number of aliphatic hydroxyl groups is 1. The fourth-order valence-corrected chi connectivity index (χ4v) is 2.65. The molecule has 0 rings (SSSR count). The van der Waals surface area contributed by atoms with Crippen LogP contribution in [-0.4, -0.2) is 34.9 Å². The predicted molar refractivity (Wildman–Crippen MR) is 146 cm³/mol. The Bertz CT molecular complexity index is 471. The number of unbranched alkanes of at least 4 members (excludes halogenated alkanes) is 14. The van der Waals surface area contributed by atoms with Gasteiger partial charge in [0.25, 0.3) is 0 Å². The van der Waals surface area contributed by atoms with E-state index in [0.29, 0.717) is 17.6 Å². The second kappa shape index (κ2) is 43.8. The van der Waals surface area contributed by atoms with Crippen LogP contribution < -0.4 is 0 Å². The van der Waals surface area contributed by atoms with Crippen LogP contribution >= 0.6 is 0 Å². The van der Waals surface area contributed by atoms with Crippen LogP contribution in [0.5, 0.6) is 0 Å². The normalized spacial score (nSPS) is 9.03. The van der Waals surface area contributed by atoms with Crippen molar-refractivity contribution in [2.75, 3.05) is 0 Å². The van der Waals surface area contributed by atoms with Crippen LogP contribution in [0, 0.1) is 0 Å². The Hall–Kier alpha value is -1.24. The molecule has 0 aliphatic carbocycles. The minimum absolute atomic E-state index is 0.167. The van der Waals surface area contributed by atoms with Crippen molar-refractivity contribution >= 4 is 18.5 Å². The summed E-state index contributed by atoms with van der Waals surface area (Å²) in [5.41, 5.74) is 0.898. The molecule has 2 N–H and O–H groups in total. The third-order valence-corrected chi connectivity index (χ3v) is 4.34. The first-order valence-electron chi connectivity index (χ1n) is 13.2. The van der Waals surface area contributed by atoms with Crippen LogP contribution in [0.4, 0.5) is 0 Å². The van der Waals surface area contributed by atoms with Gasteiger partial charge < -0.3 is 19.8 Å². The Balaban J connectivity index is -0.000000162. The molecule has 0 saturated carbocycles. The quantitative estimate of drug-likeness (QED) is 0.0782. The zero-order chi connectivity index (χ0) is 29.0. The van der Waals surface area contributed by atoms with Gasteiger partial charge in [-0.2, -0.15) is 11.1 Å². The number of hydrogen-bond donors (Lipinski definition) is 2. The van der Waals surface area contributed by atoms with Gasteiger partial charge in [-0.05, 0) is 32.8 Å². The van der Waals surface area contributed by atoms with Gasteiger partial charge >= 0.3 is 29.7 Å². The molecular weight excluding hydrogens is 492 g/mol. The maximum absolute atomic E-state index is 10.3. The van der Waals surface area contributed by atoms with E-state index < -0.39 is 5.97 Å². The van der Waals surface area contributed by atoms with E-state index in [1.54, 1.807) is 40.3 Å². The molecule has 0 heterocycles. The number of carbonyl (C=O) groups is 1. The Morgan fingerprint density at radius 2 is 0.889 bits per heavy atom. The van der Waals surface area contributed by atoms with Gasteiger partial charge in [-0.1, -0.05) is 111 Å². The van der Waals surface area contributed by atoms with Gasteiger partial charge in [0.05, 0.1) is 0 Å². The summed E-state index contributed by atoms with van der Waals surface area (Å²) in [4.78, 5) is 28.9. The molecule has 210 valence electrons. The van der Waals surface area contributed by atoms with Crippen molar-refractivity contribution in [1.82, 2.24) is 0 Å². The summed E-state index contributed by atoms with van der Waals surface area (Å²) in [6, 6.07) is 0. The monoisotopic (exact) mass is 546 g/mol. The molecule has 0 aliphatic rings. The molecule has 0 aliphatic heterocycles. The van der Waals surface area contributed by atoms with Gasteiger partial charge in [0.15, 0.2) is 0 Å². The topological polar surface area (TPSA) is 109 Å². The summed E-state index contributed by atoms with van der Waals surface area (Å²) >= 11 is 0.750. The van der Waals surface area contributed by atoms with E-state index in [0.717, 1.165) is 33.2 Å². The van der Waals surface area contributed by atoms with E-state index in [2.05, 4.69) is 20.1 Å². The van der Waals surface area contributed by atoms with Gasteiger partial charge in [0.1, 0.15) is 0 Å². The molecule has 0 radical (unpaired) electrons. The van der Waals surface area contributed by atoms with Crippen molar-refractivity contribution in [3.8, 4) is 0 Å². The van der Waals surface area contributed by atoms with Crippen LogP contribution in [0.1, 0.15) is 137 Å². The Kier molecular flexibility index (Phi) is 54.4. The SMILES string of the molecule is C=C(C)[C-]=O.C=C(C)[C-]=O.CC(C)O.CCCCCCCCCCCCCCCCCC(=O)O.[O]=[Ti+2]. The third kappa shape index (κ3) is 84.6. The molecule has 0 atom stereocenters. The molecule has 0 aromatic rings. The number of carboxylic acids is 1. The van der Waals surface area contributed by atoms with Gasteiger partial charge in [-0.25, -0.2) is 13.2 Å². The summed E-state index contributed by atoms with van der Waals surface area (Å²) in [5, 5.41) is 16.6. The van der Waals surface area contributed by atoms with Crippen LogP contribution in [0.15, 0.2) is 24.3 Å². The standard InChI is InChI=1S/C18H36O2.2C4H5O.C3H8O.O.Ti/c1-2-3-4-5-6-7-8-9-10-11-12-13-14-15-16-17-18(19)20;2*1-4(2)3-5;1-3(2)4;;/h2-17H2,1H3,(H,19,20);2*1H2,2H3;3-4H,1-2H3;;/q;2*-1;;;+2. The molecule has 6 nitrogen and oxygen atoms in total. The maximum atomic E-state index is 10.3. The summed E-state index contributed by atoms with van der Waals surface area (Å²) in [6.07, 6.45) is 23.2. The number of carboxylic acid groups (broad SMARTS) is 1. The fraction of sp³-hybridized carbons (Fsp3) is 0.759. The Labute approximate surface area is 234 Å². The first-order valence-corrected chi connectivity index (χ1v) is 13.9. The van der Waals surface area contributed by atoms with Crippen LogP contribution in [0.2, 0.25) is 0 Å². The van der Waals surface area contributed by atoms with E-state index in [-0.39, 0.29) is 6.10 Å². The molecule has 0 amide bonds. The molecule has 36 heavy (non-hydrogen) atoms. The van der Waals surface area contributed by atoms with Crippen molar-refractivity contribution in [2.24, 2.45) is 0 Å². The van der Waals surface area contributed by atoms with Crippen molar-refractivity contribution < 1.29 is 48.3 Å². The van der Waals surface area contributed by atoms with Crippen LogP contribution in [0.3, 0.4) is 0 Å². The fourth-order valence-electron chi connectivity index (χ4n) is 2.65. The molecule has 0 aromatic heterocycles. The van der Waals surface area contributed by atoms with Crippen molar-refractivity contribution in [3.63, 3.8) is 0 Å². The number of hydrogen-bond acceptors (Lipinski definition) is 5. The first kappa shape index (κ1) is 44.7. The average Bonchev–Trinajstić information content (AvgIpc) is 2.83. The number of rotatable bonds is 18.